The van der Waals surface area contributed by atoms with E-state index < -0.39 is 0 Å². The average molecular weight is 281 g/mol. The molecule has 1 heterocycles. The van der Waals surface area contributed by atoms with Gasteiger partial charge in [0.2, 0.25) is 0 Å². The van der Waals surface area contributed by atoms with Gasteiger partial charge in [-0.05, 0) is 30.7 Å². The summed E-state index contributed by atoms with van der Waals surface area (Å²) in [5.41, 5.74) is 2.31. The lowest BCUT2D eigenvalue weighted by Gasteiger charge is -2.08. The molecule has 84 valence electrons. The monoisotopic (exact) mass is 280 g/mol. The molecule has 0 amide bonds. The number of ether oxygens (including phenoxy) is 1. The summed E-state index contributed by atoms with van der Waals surface area (Å²) in [4.78, 5) is 0.163. The Labute approximate surface area is 103 Å². The first kappa shape index (κ1) is 11.3. The van der Waals surface area contributed by atoms with E-state index in [-0.39, 0.29) is 4.83 Å². The Kier molecular flexibility index (Phi) is 3.34. The van der Waals surface area contributed by atoms with Gasteiger partial charge in [-0.3, -0.25) is 0 Å². The van der Waals surface area contributed by atoms with E-state index in [1.165, 1.54) is 5.56 Å². The van der Waals surface area contributed by atoms with Gasteiger partial charge in [0.1, 0.15) is 11.5 Å². The largest absolute Gasteiger partial charge is 0.497 e. The van der Waals surface area contributed by atoms with Crippen LogP contribution in [0.3, 0.4) is 0 Å². The van der Waals surface area contributed by atoms with Crippen molar-refractivity contribution in [3.8, 4) is 5.75 Å². The fourth-order valence-electron chi connectivity index (χ4n) is 1.56. The summed E-state index contributed by atoms with van der Waals surface area (Å²) in [5.74, 6) is 1.79. The maximum Gasteiger partial charge on any atom is 0.118 e. The summed E-state index contributed by atoms with van der Waals surface area (Å²) in [6.07, 6.45) is 1.78. The average Bonchev–Trinajstić information content (AvgIpc) is 2.75. The van der Waals surface area contributed by atoms with Crippen LogP contribution < -0.4 is 4.74 Å². The van der Waals surface area contributed by atoms with E-state index in [1.54, 1.807) is 13.4 Å². The maximum atomic E-state index is 5.30. The highest BCUT2D eigenvalue weighted by molar-refractivity contribution is 9.09. The molecule has 0 bridgehead atoms. The first-order valence-electron chi connectivity index (χ1n) is 5.04. The standard InChI is InChI=1S/C13H13BrO2/c1-9-7-11(8-16-9)13(14)10-3-5-12(15-2)6-4-10/h3-8,13H,1-2H3. The molecule has 1 aromatic heterocycles. The van der Waals surface area contributed by atoms with Crippen molar-refractivity contribution >= 4 is 15.9 Å². The van der Waals surface area contributed by atoms with Gasteiger partial charge in [0.15, 0.2) is 0 Å². The van der Waals surface area contributed by atoms with Crippen molar-refractivity contribution in [2.45, 2.75) is 11.8 Å². The molecule has 0 spiro atoms. The van der Waals surface area contributed by atoms with E-state index in [0.717, 1.165) is 17.1 Å². The number of furan rings is 1. The zero-order valence-electron chi connectivity index (χ0n) is 9.24. The Bertz CT molecular complexity index is 459. The smallest absolute Gasteiger partial charge is 0.118 e. The van der Waals surface area contributed by atoms with Gasteiger partial charge in [0, 0.05) is 5.56 Å². The van der Waals surface area contributed by atoms with E-state index in [0.29, 0.717) is 0 Å². The van der Waals surface area contributed by atoms with Crippen LogP contribution in [0.25, 0.3) is 0 Å². The molecule has 0 saturated heterocycles. The van der Waals surface area contributed by atoms with Crippen molar-refractivity contribution in [3.63, 3.8) is 0 Å². The van der Waals surface area contributed by atoms with Gasteiger partial charge in [-0.15, -0.1) is 0 Å². The molecule has 0 aliphatic rings. The molecular formula is C13H13BrO2. The number of alkyl halides is 1. The highest BCUT2D eigenvalue weighted by atomic mass is 79.9. The van der Waals surface area contributed by atoms with E-state index in [4.69, 9.17) is 9.15 Å². The molecule has 16 heavy (non-hydrogen) atoms. The number of halogens is 1. The van der Waals surface area contributed by atoms with Gasteiger partial charge >= 0.3 is 0 Å². The molecular weight excluding hydrogens is 268 g/mol. The predicted molar refractivity (Wildman–Crippen MR) is 67.2 cm³/mol. The molecule has 0 radical (unpaired) electrons. The first-order valence-corrected chi connectivity index (χ1v) is 5.95. The number of hydrogen-bond donors (Lipinski definition) is 0. The van der Waals surface area contributed by atoms with Crippen LogP contribution in [0.5, 0.6) is 5.75 Å². The van der Waals surface area contributed by atoms with E-state index in [9.17, 15) is 0 Å². The Morgan fingerprint density at radius 1 is 1.19 bits per heavy atom. The molecule has 0 N–H and O–H groups in total. The summed E-state index contributed by atoms with van der Waals surface area (Å²) < 4.78 is 10.4. The molecule has 0 aliphatic carbocycles. The van der Waals surface area contributed by atoms with Crippen LogP contribution in [0.2, 0.25) is 0 Å². The van der Waals surface area contributed by atoms with Gasteiger partial charge in [-0.25, -0.2) is 0 Å². The third-order valence-electron chi connectivity index (χ3n) is 2.45. The number of rotatable bonds is 3. The van der Waals surface area contributed by atoms with Gasteiger partial charge < -0.3 is 9.15 Å². The highest BCUT2D eigenvalue weighted by Gasteiger charge is 2.12. The Balaban J connectivity index is 2.23. The molecule has 1 unspecified atom stereocenters. The molecule has 2 nitrogen and oxygen atoms in total. The van der Waals surface area contributed by atoms with E-state index in [1.807, 2.05) is 37.3 Å². The topological polar surface area (TPSA) is 22.4 Å². The molecule has 1 aromatic carbocycles. The molecule has 0 saturated carbocycles. The van der Waals surface area contributed by atoms with Crippen LogP contribution in [0.4, 0.5) is 0 Å². The minimum absolute atomic E-state index is 0.163. The van der Waals surface area contributed by atoms with Gasteiger partial charge in [-0.2, -0.15) is 0 Å². The number of methoxy groups -OCH3 is 1. The zero-order chi connectivity index (χ0) is 11.5. The van der Waals surface area contributed by atoms with Crippen molar-refractivity contribution in [1.82, 2.24) is 0 Å². The fraction of sp³-hybridized carbons (Fsp3) is 0.231. The Morgan fingerprint density at radius 2 is 1.88 bits per heavy atom. The molecule has 0 fully saturated rings. The third kappa shape index (κ3) is 2.30. The Morgan fingerprint density at radius 3 is 2.38 bits per heavy atom. The van der Waals surface area contributed by atoms with E-state index in [2.05, 4.69) is 15.9 Å². The normalized spacial score (nSPS) is 12.4. The van der Waals surface area contributed by atoms with Crippen LogP contribution in [-0.4, -0.2) is 7.11 Å². The second-order valence-electron chi connectivity index (χ2n) is 3.63. The lowest BCUT2D eigenvalue weighted by molar-refractivity contribution is 0.414. The fourth-order valence-corrected chi connectivity index (χ4v) is 2.11. The summed E-state index contributed by atoms with van der Waals surface area (Å²) in [5, 5.41) is 0. The van der Waals surface area contributed by atoms with Crippen LogP contribution in [0, 0.1) is 6.92 Å². The molecule has 3 heteroatoms. The molecule has 2 aromatic rings. The second-order valence-corrected chi connectivity index (χ2v) is 4.54. The van der Waals surface area contributed by atoms with Crippen LogP contribution in [0.1, 0.15) is 21.7 Å². The maximum absolute atomic E-state index is 5.30. The zero-order valence-corrected chi connectivity index (χ0v) is 10.8. The SMILES string of the molecule is COc1ccc(C(Br)c2coc(C)c2)cc1. The van der Waals surface area contributed by atoms with Crippen molar-refractivity contribution in [3.05, 3.63) is 53.5 Å². The summed E-state index contributed by atoms with van der Waals surface area (Å²) in [6, 6.07) is 10.0. The van der Waals surface area contributed by atoms with Crippen LogP contribution in [-0.2, 0) is 0 Å². The first-order chi connectivity index (χ1) is 7.70. The lowest BCUT2D eigenvalue weighted by Crippen LogP contribution is -1.91. The van der Waals surface area contributed by atoms with Crippen molar-refractivity contribution in [1.29, 1.82) is 0 Å². The highest BCUT2D eigenvalue weighted by Crippen LogP contribution is 2.32. The summed E-state index contributed by atoms with van der Waals surface area (Å²) in [7, 11) is 1.67. The van der Waals surface area contributed by atoms with Crippen molar-refractivity contribution < 1.29 is 9.15 Å². The second kappa shape index (κ2) is 4.74. The lowest BCUT2D eigenvalue weighted by atomic mass is 10.1. The van der Waals surface area contributed by atoms with Gasteiger partial charge in [0.05, 0.1) is 18.2 Å². The minimum Gasteiger partial charge on any atom is -0.497 e. The number of aryl methyl sites for hydroxylation is 1. The van der Waals surface area contributed by atoms with Crippen molar-refractivity contribution in [2.24, 2.45) is 0 Å². The Hall–Kier alpha value is -1.22. The number of hydrogen-bond acceptors (Lipinski definition) is 2. The molecule has 0 aliphatic heterocycles. The van der Waals surface area contributed by atoms with Gasteiger partial charge in [0.25, 0.3) is 0 Å². The molecule has 1 atom stereocenters. The summed E-state index contributed by atoms with van der Waals surface area (Å²) >= 11 is 3.65. The number of benzene rings is 1. The predicted octanol–water partition coefficient (Wildman–Crippen LogP) is 4.08. The van der Waals surface area contributed by atoms with Gasteiger partial charge in [-0.1, -0.05) is 28.1 Å². The molecule has 2 rings (SSSR count). The third-order valence-corrected chi connectivity index (χ3v) is 3.51. The van der Waals surface area contributed by atoms with E-state index >= 15 is 0 Å². The minimum atomic E-state index is 0.163. The van der Waals surface area contributed by atoms with Crippen LogP contribution in [0.15, 0.2) is 41.0 Å². The van der Waals surface area contributed by atoms with Crippen molar-refractivity contribution in [2.75, 3.05) is 7.11 Å². The summed E-state index contributed by atoms with van der Waals surface area (Å²) in [6.45, 7) is 1.94. The quantitative estimate of drug-likeness (QED) is 0.791. The van der Waals surface area contributed by atoms with Crippen LogP contribution >= 0.6 is 15.9 Å².